The highest BCUT2D eigenvalue weighted by atomic mass is 35.5. The summed E-state index contributed by atoms with van der Waals surface area (Å²) < 4.78 is 21.9. The van der Waals surface area contributed by atoms with Gasteiger partial charge in [0, 0.05) is 47.2 Å². The summed E-state index contributed by atoms with van der Waals surface area (Å²) in [7, 11) is 4.66. The average molecular weight is 499 g/mol. The molecule has 186 valence electrons. The van der Waals surface area contributed by atoms with Gasteiger partial charge in [-0.1, -0.05) is 23.7 Å². The number of morpholine rings is 1. The van der Waals surface area contributed by atoms with E-state index in [-0.39, 0.29) is 5.91 Å². The van der Waals surface area contributed by atoms with Crippen molar-refractivity contribution in [2.45, 2.75) is 19.3 Å². The van der Waals surface area contributed by atoms with Gasteiger partial charge in [-0.15, -0.1) is 0 Å². The number of amides is 1. The third-order valence-corrected chi connectivity index (χ3v) is 6.45. The van der Waals surface area contributed by atoms with Gasteiger partial charge in [-0.2, -0.15) is 0 Å². The molecule has 1 saturated heterocycles. The van der Waals surface area contributed by atoms with Gasteiger partial charge >= 0.3 is 0 Å². The van der Waals surface area contributed by atoms with Gasteiger partial charge in [0.25, 0.3) is 5.91 Å². The van der Waals surface area contributed by atoms with Crippen molar-refractivity contribution < 1.29 is 23.7 Å². The summed E-state index contributed by atoms with van der Waals surface area (Å²) in [5, 5.41) is 3.76. The number of ether oxygens (including phenoxy) is 4. The molecule has 1 aliphatic heterocycles. The van der Waals surface area contributed by atoms with Crippen LogP contribution in [0.1, 0.15) is 24.8 Å². The first kappa shape index (κ1) is 24.9. The molecular weight excluding hydrogens is 468 g/mol. The van der Waals surface area contributed by atoms with Gasteiger partial charge in [0.05, 0.1) is 34.5 Å². The first-order valence-corrected chi connectivity index (χ1v) is 12.1. The molecule has 8 heteroatoms. The number of anilines is 1. The Bertz CT molecular complexity index is 1100. The van der Waals surface area contributed by atoms with Crippen LogP contribution in [0.4, 0.5) is 5.69 Å². The van der Waals surface area contributed by atoms with Crippen LogP contribution in [-0.2, 0) is 9.53 Å². The van der Waals surface area contributed by atoms with E-state index in [1.54, 1.807) is 33.5 Å². The number of nitrogens with zero attached hydrogens (tertiary/aromatic N) is 1. The van der Waals surface area contributed by atoms with E-state index in [0.29, 0.717) is 47.6 Å². The van der Waals surface area contributed by atoms with E-state index < -0.39 is 0 Å². The molecule has 35 heavy (non-hydrogen) atoms. The maximum absolute atomic E-state index is 13.6. The van der Waals surface area contributed by atoms with E-state index in [4.69, 9.17) is 30.5 Å². The molecule has 0 aromatic heterocycles. The lowest BCUT2D eigenvalue weighted by molar-refractivity contribution is -0.113. The lowest BCUT2D eigenvalue weighted by Gasteiger charge is -2.36. The fourth-order valence-electron chi connectivity index (χ4n) is 4.55. The van der Waals surface area contributed by atoms with Crippen LogP contribution in [0.25, 0.3) is 6.08 Å². The molecule has 4 rings (SSSR count). The summed E-state index contributed by atoms with van der Waals surface area (Å²) in [6.45, 7) is 2.77. The molecule has 0 saturated carbocycles. The molecule has 1 amide bonds. The Morgan fingerprint density at radius 3 is 2.26 bits per heavy atom. The summed E-state index contributed by atoms with van der Waals surface area (Å²) in [6.07, 6.45) is 4.65. The highest BCUT2D eigenvalue weighted by Gasteiger charge is 2.28. The van der Waals surface area contributed by atoms with E-state index in [2.05, 4.69) is 16.3 Å². The Morgan fingerprint density at radius 1 is 1.00 bits per heavy atom. The van der Waals surface area contributed by atoms with Gasteiger partial charge in [0.1, 0.15) is 0 Å². The summed E-state index contributed by atoms with van der Waals surface area (Å²) in [5.41, 5.74) is 4.55. The molecular formula is C27H31ClN2O5. The number of hydrogen-bond donors (Lipinski definition) is 1. The van der Waals surface area contributed by atoms with Crippen LogP contribution in [0.3, 0.4) is 0 Å². The Balaban J connectivity index is 1.72. The number of hydrogen-bond acceptors (Lipinski definition) is 6. The Kier molecular flexibility index (Phi) is 8.21. The van der Waals surface area contributed by atoms with Gasteiger partial charge in [0.2, 0.25) is 5.75 Å². The van der Waals surface area contributed by atoms with Gasteiger partial charge in [-0.3, -0.25) is 4.79 Å². The van der Waals surface area contributed by atoms with Crippen LogP contribution in [0, 0.1) is 0 Å². The lowest BCUT2D eigenvalue weighted by Crippen LogP contribution is -2.38. The second-order valence-corrected chi connectivity index (χ2v) is 8.81. The van der Waals surface area contributed by atoms with Crippen LogP contribution in [-0.4, -0.2) is 58.4 Å². The number of methoxy groups -OCH3 is 3. The molecule has 7 nitrogen and oxygen atoms in total. The fourth-order valence-corrected chi connectivity index (χ4v) is 4.67. The molecule has 1 N–H and O–H groups in total. The third kappa shape index (κ3) is 5.74. The predicted molar refractivity (Wildman–Crippen MR) is 137 cm³/mol. The van der Waals surface area contributed by atoms with Crippen molar-refractivity contribution in [3.8, 4) is 17.2 Å². The van der Waals surface area contributed by atoms with E-state index >= 15 is 0 Å². The van der Waals surface area contributed by atoms with Crippen molar-refractivity contribution in [2.24, 2.45) is 0 Å². The van der Waals surface area contributed by atoms with Crippen molar-refractivity contribution in [3.05, 3.63) is 63.8 Å². The molecule has 1 heterocycles. The molecule has 0 radical (unpaired) electrons. The zero-order valence-electron chi connectivity index (χ0n) is 20.4. The maximum atomic E-state index is 13.6. The Hall–Kier alpha value is -3.16. The minimum Gasteiger partial charge on any atom is -0.493 e. The zero-order chi connectivity index (χ0) is 24.8. The van der Waals surface area contributed by atoms with Crippen LogP contribution in [0.2, 0.25) is 5.02 Å². The molecule has 0 bridgehead atoms. The van der Waals surface area contributed by atoms with Crippen molar-refractivity contribution in [3.63, 3.8) is 0 Å². The normalized spacial score (nSPS) is 17.4. The maximum Gasteiger partial charge on any atom is 0.253 e. The summed E-state index contributed by atoms with van der Waals surface area (Å²) in [6, 6.07) is 11.2. The minimum atomic E-state index is -0.137. The predicted octanol–water partition coefficient (Wildman–Crippen LogP) is 5.16. The van der Waals surface area contributed by atoms with E-state index in [0.717, 1.165) is 48.3 Å². The van der Waals surface area contributed by atoms with Crippen molar-refractivity contribution in [2.75, 3.05) is 52.9 Å². The van der Waals surface area contributed by atoms with E-state index in [9.17, 15) is 4.79 Å². The van der Waals surface area contributed by atoms with Crippen LogP contribution in [0.15, 0.2) is 53.2 Å². The molecule has 2 aromatic carbocycles. The van der Waals surface area contributed by atoms with Gasteiger partial charge in [-0.05, 0) is 48.6 Å². The zero-order valence-corrected chi connectivity index (χ0v) is 21.1. The second kappa shape index (κ2) is 11.5. The highest BCUT2D eigenvalue weighted by Crippen LogP contribution is 2.41. The SMILES string of the molecule is COc1cc(NC(=O)C2=C(N3CCOCC3)/C(=C\c3ccc(Cl)cc3)CCC2)cc(OC)c1OC. The van der Waals surface area contributed by atoms with E-state index in [1.165, 1.54) is 0 Å². The van der Waals surface area contributed by atoms with Gasteiger partial charge in [-0.25, -0.2) is 0 Å². The highest BCUT2D eigenvalue weighted by molar-refractivity contribution is 6.30. The van der Waals surface area contributed by atoms with Crippen LogP contribution >= 0.6 is 11.6 Å². The number of allylic oxidation sites excluding steroid dienone is 1. The largest absolute Gasteiger partial charge is 0.493 e. The number of carbonyl (C=O) groups excluding carboxylic acids is 1. The van der Waals surface area contributed by atoms with Crippen molar-refractivity contribution >= 4 is 29.3 Å². The lowest BCUT2D eigenvalue weighted by atomic mass is 9.88. The second-order valence-electron chi connectivity index (χ2n) is 8.37. The van der Waals surface area contributed by atoms with Crippen molar-refractivity contribution in [1.82, 2.24) is 4.90 Å². The average Bonchev–Trinajstić information content (AvgIpc) is 2.89. The molecule has 1 fully saturated rings. The Labute approximate surface area is 211 Å². The molecule has 2 aliphatic rings. The quantitative estimate of drug-likeness (QED) is 0.568. The van der Waals surface area contributed by atoms with Crippen LogP contribution in [0.5, 0.6) is 17.2 Å². The summed E-state index contributed by atoms with van der Waals surface area (Å²) in [4.78, 5) is 15.9. The minimum absolute atomic E-state index is 0.137. The molecule has 0 unspecified atom stereocenters. The summed E-state index contributed by atoms with van der Waals surface area (Å²) in [5.74, 6) is 1.31. The number of benzene rings is 2. The summed E-state index contributed by atoms with van der Waals surface area (Å²) >= 11 is 6.08. The molecule has 1 aliphatic carbocycles. The third-order valence-electron chi connectivity index (χ3n) is 6.20. The molecule has 2 aromatic rings. The van der Waals surface area contributed by atoms with Crippen molar-refractivity contribution in [1.29, 1.82) is 0 Å². The Morgan fingerprint density at radius 2 is 1.66 bits per heavy atom. The first-order chi connectivity index (χ1) is 17.0. The smallest absolute Gasteiger partial charge is 0.253 e. The fraction of sp³-hybridized carbons (Fsp3) is 0.370. The number of halogens is 1. The van der Waals surface area contributed by atoms with Gasteiger partial charge < -0.3 is 29.2 Å². The van der Waals surface area contributed by atoms with Gasteiger partial charge in [0.15, 0.2) is 11.5 Å². The number of nitrogens with one attached hydrogen (secondary N) is 1. The topological polar surface area (TPSA) is 69.3 Å². The number of carbonyl (C=O) groups is 1. The molecule has 0 spiro atoms. The monoisotopic (exact) mass is 498 g/mol. The first-order valence-electron chi connectivity index (χ1n) is 11.7. The van der Waals surface area contributed by atoms with E-state index in [1.807, 2.05) is 24.3 Å². The standard InChI is InChI=1S/C27H31ClN2O5/c1-32-23-16-21(17-24(33-2)26(23)34-3)29-27(31)22-6-4-5-19(15-18-7-9-20(28)10-8-18)25(22)30-11-13-35-14-12-30/h7-10,15-17H,4-6,11-14H2,1-3H3,(H,29,31)/b19-15-. The molecule has 0 atom stereocenters. The number of rotatable bonds is 7. The van der Waals surface area contributed by atoms with Crippen LogP contribution < -0.4 is 19.5 Å².